The molecule has 3 heteroatoms. The Bertz CT molecular complexity index is 526. The van der Waals surface area contributed by atoms with Gasteiger partial charge >= 0.3 is 5.97 Å². The van der Waals surface area contributed by atoms with Crippen LogP contribution in [0, 0.1) is 0 Å². The Morgan fingerprint density at radius 2 is 1.75 bits per heavy atom. The van der Waals surface area contributed by atoms with Crippen LogP contribution in [0.4, 0.5) is 0 Å². The maximum absolute atomic E-state index is 11.6. The first kappa shape index (κ1) is 9.33. The Hall–Kier alpha value is -1.90. The van der Waals surface area contributed by atoms with Gasteiger partial charge in [0.1, 0.15) is 5.76 Å². The van der Waals surface area contributed by atoms with Crippen molar-refractivity contribution in [3.8, 4) is 0 Å². The first-order chi connectivity index (χ1) is 7.77. The van der Waals surface area contributed by atoms with Gasteiger partial charge in [-0.1, -0.05) is 18.2 Å². The summed E-state index contributed by atoms with van der Waals surface area (Å²) in [5.41, 5.74) is 2.00. The van der Waals surface area contributed by atoms with Crippen molar-refractivity contribution < 1.29 is 14.3 Å². The minimum Gasteiger partial charge on any atom is -0.422 e. The minimum atomic E-state index is -0.349. The maximum atomic E-state index is 11.6. The van der Waals surface area contributed by atoms with Gasteiger partial charge < -0.3 is 4.74 Å². The van der Waals surface area contributed by atoms with Gasteiger partial charge in [-0.05, 0) is 18.9 Å². The number of fused-ring (bicyclic) bond motifs is 1. The molecule has 80 valence electrons. The highest BCUT2D eigenvalue weighted by molar-refractivity contribution is 6.10. The first-order valence-corrected chi connectivity index (χ1v) is 5.35. The molecule has 1 aromatic rings. The van der Waals surface area contributed by atoms with Crippen LogP contribution in [0.1, 0.15) is 35.2 Å². The number of rotatable bonds is 0. The topological polar surface area (TPSA) is 43.4 Å². The monoisotopic (exact) mass is 214 g/mol. The summed E-state index contributed by atoms with van der Waals surface area (Å²) in [4.78, 5) is 23.2. The molecule has 1 saturated carbocycles. The summed E-state index contributed by atoms with van der Waals surface area (Å²) in [5, 5.41) is 0. The van der Waals surface area contributed by atoms with Crippen molar-refractivity contribution in [2.75, 3.05) is 0 Å². The fourth-order valence-electron chi connectivity index (χ4n) is 2.24. The third kappa shape index (κ3) is 1.21. The van der Waals surface area contributed by atoms with Crippen molar-refractivity contribution in [1.29, 1.82) is 0 Å². The van der Waals surface area contributed by atoms with E-state index in [1.165, 1.54) is 0 Å². The molecule has 3 rings (SSSR count). The standard InChI is InChI=1S/C13H10O3/c14-11-7-3-6-10(11)12-8-4-1-2-5-9(8)13(15)16-12/h1-2,4-5H,3,6-7H2/b12-10-. The highest BCUT2D eigenvalue weighted by Gasteiger charge is 2.32. The fraction of sp³-hybridized carbons (Fsp3) is 0.231. The van der Waals surface area contributed by atoms with Crippen LogP contribution < -0.4 is 0 Å². The van der Waals surface area contributed by atoms with Crippen molar-refractivity contribution in [2.45, 2.75) is 19.3 Å². The number of benzene rings is 1. The second-order valence-corrected chi connectivity index (χ2v) is 4.02. The quantitative estimate of drug-likeness (QED) is 0.491. The molecule has 1 fully saturated rings. The SMILES string of the molecule is O=C1CCC/C1=C1/OC(=O)c2ccccc21. The minimum absolute atomic E-state index is 0.111. The highest BCUT2D eigenvalue weighted by atomic mass is 16.5. The lowest BCUT2D eigenvalue weighted by atomic mass is 10.0. The van der Waals surface area contributed by atoms with Crippen molar-refractivity contribution in [3.63, 3.8) is 0 Å². The van der Waals surface area contributed by atoms with E-state index in [9.17, 15) is 9.59 Å². The number of cyclic esters (lactones) is 1. The molecule has 1 aliphatic carbocycles. The van der Waals surface area contributed by atoms with Crippen LogP contribution in [0.3, 0.4) is 0 Å². The average Bonchev–Trinajstić information content (AvgIpc) is 2.84. The highest BCUT2D eigenvalue weighted by Crippen LogP contribution is 2.36. The molecule has 1 aromatic carbocycles. The molecule has 0 radical (unpaired) electrons. The number of ether oxygens (including phenoxy) is 1. The number of allylic oxidation sites excluding steroid dienone is 1. The summed E-state index contributed by atoms with van der Waals surface area (Å²) in [7, 11) is 0. The Labute approximate surface area is 92.7 Å². The third-order valence-corrected chi connectivity index (χ3v) is 3.03. The molecular weight excluding hydrogens is 204 g/mol. The molecule has 0 saturated heterocycles. The molecule has 0 atom stereocenters. The Kier molecular flexibility index (Phi) is 1.93. The van der Waals surface area contributed by atoms with Crippen molar-refractivity contribution in [1.82, 2.24) is 0 Å². The third-order valence-electron chi connectivity index (χ3n) is 3.03. The molecule has 1 aliphatic heterocycles. The average molecular weight is 214 g/mol. The van der Waals surface area contributed by atoms with E-state index in [4.69, 9.17) is 4.74 Å². The summed E-state index contributed by atoms with van der Waals surface area (Å²) in [6.07, 6.45) is 2.14. The summed E-state index contributed by atoms with van der Waals surface area (Å²) in [5.74, 6) is 0.250. The van der Waals surface area contributed by atoms with Gasteiger partial charge in [0.25, 0.3) is 0 Å². The van der Waals surface area contributed by atoms with E-state index in [0.717, 1.165) is 18.4 Å². The lowest BCUT2D eigenvalue weighted by Crippen LogP contribution is -1.97. The van der Waals surface area contributed by atoms with Crippen molar-refractivity contribution >= 4 is 17.5 Å². The number of hydrogen-bond acceptors (Lipinski definition) is 3. The Balaban J connectivity index is 2.20. The van der Waals surface area contributed by atoms with E-state index in [1.807, 2.05) is 12.1 Å². The van der Waals surface area contributed by atoms with Gasteiger partial charge in [0.2, 0.25) is 0 Å². The van der Waals surface area contributed by atoms with Crippen LogP contribution in [0.15, 0.2) is 29.8 Å². The molecule has 0 aromatic heterocycles. The van der Waals surface area contributed by atoms with Crippen LogP contribution in [0.5, 0.6) is 0 Å². The molecule has 0 bridgehead atoms. The van der Waals surface area contributed by atoms with E-state index in [1.54, 1.807) is 12.1 Å². The van der Waals surface area contributed by atoms with E-state index in [0.29, 0.717) is 23.3 Å². The molecule has 0 N–H and O–H groups in total. The summed E-state index contributed by atoms with van der Waals surface area (Å²) in [6.45, 7) is 0. The summed E-state index contributed by atoms with van der Waals surface area (Å²) >= 11 is 0. The number of ketones is 1. The van der Waals surface area contributed by atoms with Gasteiger partial charge in [-0.15, -0.1) is 0 Å². The molecular formula is C13H10O3. The summed E-state index contributed by atoms with van der Waals surface area (Å²) < 4.78 is 5.21. The van der Waals surface area contributed by atoms with Gasteiger partial charge in [0.05, 0.1) is 5.56 Å². The number of esters is 1. The second-order valence-electron chi connectivity index (χ2n) is 4.02. The predicted molar refractivity (Wildman–Crippen MR) is 57.6 cm³/mol. The number of carbonyl (C=O) groups excluding carboxylic acids is 2. The van der Waals surface area contributed by atoms with Gasteiger partial charge in [-0.2, -0.15) is 0 Å². The molecule has 16 heavy (non-hydrogen) atoms. The van der Waals surface area contributed by atoms with E-state index < -0.39 is 0 Å². The van der Waals surface area contributed by atoms with Gasteiger partial charge in [-0.3, -0.25) is 4.79 Å². The van der Waals surface area contributed by atoms with Crippen LogP contribution in [-0.2, 0) is 9.53 Å². The van der Waals surface area contributed by atoms with E-state index >= 15 is 0 Å². The lowest BCUT2D eigenvalue weighted by molar-refractivity contribution is -0.114. The Morgan fingerprint density at radius 1 is 1.00 bits per heavy atom. The van der Waals surface area contributed by atoms with Gasteiger partial charge in [-0.25, -0.2) is 4.79 Å². The van der Waals surface area contributed by atoms with Crippen LogP contribution in [-0.4, -0.2) is 11.8 Å². The molecule has 2 aliphatic rings. The first-order valence-electron chi connectivity index (χ1n) is 5.35. The summed E-state index contributed by atoms with van der Waals surface area (Å²) in [6, 6.07) is 7.20. The predicted octanol–water partition coefficient (Wildman–Crippen LogP) is 2.32. The fourth-order valence-corrected chi connectivity index (χ4v) is 2.24. The van der Waals surface area contributed by atoms with Crippen molar-refractivity contribution in [2.24, 2.45) is 0 Å². The number of Topliss-reactive ketones (excluding diaryl/α,β-unsaturated/α-hetero) is 1. The van der Waals surface area contributed by atoms with Gasteiger partial charge in [0, 0.05) is 17.6 Å². The van der Waals surface area contributed by atoms with E-state index in [-0.39, 0.29) is 11.8 Å². The van der Waals surface area contributed by atoms with Crippen LogP contribution >= 0.6 is 0 Å². The lowest BCUT2D eigenvalue weighted by Gasteiger charge is -2.01. The molecule has 1 heterocycles. The van der Waals surface area contributed by atoms with Crippen LogP contribution in [0.25, 0.3) is 5.76 Å². The molecule has 0 spiro atoms. The zero-order valence-corrected chi connectivity index (χ0v) is 8.66. The van der Waals surface area contributed by atoms with Gasteiger partial charge in [0.15, 0.2) is 5.78 Å². The molecule has 3 nitrogen and oxygen atoms in total. The Morgan fingerprint density at radius 3 is 2.44 bits per heavy atom. The number of hydrogen-bond donors (Lipinski definition) is 0. The largest absolute Gasteiger partial charge is 0.422 e. The maximum Gasteiger partial charge on any atom is 0.344 e. The normalized spacial score (nSPS) is 23.5. The molecule has 0 unspecified atom stereocenters. The van der Waals surface area contributed by atoms with Crippen LogP contribution in [0.2, 0.25) is 0 Å². The zero-order valence-electron chi connectivity index (χ0n) is 8.66. The molecule has 0 amide bonds. The van der Waals surface area contributed by atoms with E-state index in [2.05, 4.69) is 0 Å². The second kappa shape index (κ2) is 3.30. The zero-order chi connectivity index (χ0) is 11.1. The number of carbonyl (C=O) groups is 2. The smallest absolute Gasteiger partial charge is 0.344 e. The van der Waals surface area contributed by atoms with Crippen molar-refractivity contribution in [3.05, 3.63) is 41.0 Å².